The van der Waals surface area contributed by atoms with Crippen LogP contribution < -0.4 is 4.90 Å². The summed E-state index contributed by atoms with van der Waals surface area (Å²) in [5.74, 6) is -0.397. The molecule has 1 aliphatic rings. The lowest BCUT2D eigenvalue weighted by Gasteiger charge is -2.15. The normalized spacial score (nSPS) is 18.1. The molecule has 0 bridgehead atoms. The number of anilines is 1. The number of thioether (sulfide) groups is 1. The Morgan fingerprint density at radius 1 is 0.909 bits per heavy atom. The van der Waals surface area contributed by atoms with Gasteiger partial charge in [0, 0.05) is 21.4 Å². The smallest absolute Gasteiger partial charge is 0.247 e. The molecule has 3 nitrogen and oxygen atoms in total. The van der Waals surface area contributed by atoms with Crippen LogP contribution in [0.5, 0.6) is 0 Å². The summed E-state index contributed by atoms with van der Waals surface area (Å²) in [7, 11) is 0. The summed E-state index contributed by atoms with van der Waals surface area (Å²) < 4.78 is 0. The number of imide groups is 1. The number of carbonyl (C=O) groups excluding carboxylic acids is 2. The van der Waals surface area contributed by atoms with Crippen LogP contribution in [-0.4, -0.2) is 17.1 Å². The van der Waals surface area contributed by atoms with E-state index in [1.54, 1.807) is 36.4 Å². The molecule has 1 atom stereocenters. The van der Waals surface area contributed by atoms with Crippen LogP contribution in [0.15, 0.2) is 53.4 Å². The number of nitrogens with zero attached hydrogens (tertiary/aromatic N) is 1. The summed E-state index contributed by atoms with van der Waals surface area (Å²) in [6.07, 6.45) is 0.189. The van der Waals surface area contributed by atoms with Crippen molar-refractivity contribution >= 4 is 52.5 Å². The van der Waals surface area contributed by atoms with E-state index in [-0.39, 0.29) is 18.2 Å². The second-order valence-electron chi connectivity index (χ2n) is 4.81. The van der Waals surface area contributed by atoms with Crippen LogP contribution in [0.1, 0.15) is 6.42 Å². The number of hydrogen-bond acceptors (Lipinski definition) is 3. The Morgan fingerprint density at radius 2 is 1.45 bits per heavy atom. The molecule has 0 N–H and O–H groups in total. The zero-order chi connectivity index (χ0) is 15.7. The molecule has 1 heterocycles. The Kier molecular flexibility index (Phi) is 4.43. The van der Waals surface area contributed by atoms with Crippen molar-refractivity contribution in [1.82, 2.24) is 0 Å². The van der Waals surface area contributed by atoms with Crippen LogP contribution in [-0.2, 0) is 9.59 Å². The number of benzene rings is 2. The van der Waals surface area contributed by atoms with Gasteiger partial charge in [-0.3, -0.25) is 9.59 Å². The van der Waals surface area contributed by atoms with Crippen LogP contribution in [0.2, 0.25) is 10.0 Å². The van der Waals surface area contributed by atoms with Gasteiger partial charge in [0.05, 0.1) is 10.9 Å². The summed E-state index contributed by atoms with van der Waals surface area (Å²) in [6.45, 7) is 0. The van der Waals surface area contributed by atoms with Gasteiger partial charge in [-0.15, -0.1) is 11.8 Å². The van der Waals surface area contributed by atoms with Crippen molar-refractivity contribution in [1.29, 1.82) is 0 Å². The zero-order valence-corrected chi connectivity index (χ0v) is 13.7. The maximum absolute atomic E-state index is 12.5. The van der Waals surface area contributed by atoms with Crippen molar-refractivity contribution < 1.29 is 9.59 Å². The lowest BCUT2D eigenvalue weighted by atomic mass is 10.3. The van der Waals surface area contributed by atoms with Gasteiger partial charge >= 0.3 is 0 Å². The topological polar surface area (TPSA) is 37.4 Å². The first-order valence-corrected chi connectivity index (χ1v) is 8.23. The van der Waals surface area contributed by atoms with Crippen molar-refractivity contribution in [3.05, 3.63) is 58.6 Å². The highest BCUT2D eigenvalue weighted by molar-refractivity contribution is 8.00. The van der Waals surface area contributed by atoms with Crippen molar-refractivity contribution in [2.75, 3.05) is 4.90 Å². The van der Waals surface area contributed by atoms with Crippen LogP contribution >= 0.6 is 35.0 Å². The molecule has 2 aromatic carbocycles. The summed E-state index contributed by atoms with van der Waals surface area (Å²) in [4.78, 5) is 26.8. The van der Waals surface area contributed by atoms with Gasteiger partial charge < -0.3 is 0 Å². The third-order valence-electron chi connectivity index (χ3n) is 3.28. The standard InChI is InChI=1S/C16H11Cl2NO2S/c17-10-1-5-12(6-2-10)19-15(20)9-14(16(19)21)22-13-7-3-11(18)4-8-13/h1-8,14H,9H2. The fraction of sp³-hybridized carbons (Fsp3) is 0.125. The first-order valence-electron chi connectivity index (χ1n) is 6.59. The van der Waals surface area contributed by atoms with Gasteiger partial charge in [0.25, 0.3) is 0 Å². The van der Waals surface area contributed by atoms with E-state index < -0.39 is 5.25 Å². The quantitative estimate of drug-likeness (QED) is 0.768. The Bertz CT molecular complexity index is 716. The molecular weight excluding hydrogens is 341 g/mol. The van der Waals surface area contributed by atoms with E-state index in [9.17, 15) is 9.59 Å². The van der Waals surface area contributed by atoms with E-state index in [0.29, 0.717) is 15.7 Å². The Hall–Kier alpha value is -1.49. The Morgan fingerprint density at radius 3 is 2.05 bits per heavy atom. The maximum atomic E-state index is 12.5. The van der Waals surface area contributed by atoms with E-state index in [1.807, 2.05) is 12.1 Å². The molecule has 112 valence electrons. The summed E-state index contributed by atoms with van der Waals surface area (Å²) in [5, 5.41) is 0.792. The van der Waals surface area contributed by atoms with Crippen molar-refractivity contribution in [2.24, 2.45) is 0 Å². The van der Waals surface area contributed by atoms with Gasteiger partial charge in [-0.25, -0.2) is 4.90 Å². The molecule has 1 unspecified atom stereocenters. The molecule has 0 spiro atoms. The number of hydrogen-bond donors (Lipinski definition) is 0. The minimum atomic E-state index is -0.413. The number of rotatable bonds is 3. The van der Waals surface area contributed by atoms with Gasteiger partial charge in [-0.1, -0.05) is 23.2 Å². The number of carbonyl (C=O) groups is 2. The lowest BCUT2D eigenvalue weighted by molar-refractivity contribution is -0.121. The van der Waals surface area contributed by atoms with Crippen molar-refractivity contribution in [3.8, 4) is 0 Å². The number of halogens is 2. The molecule has 1 fully saturated rings. The van der Waals surface area contributed by atoms with E-state index in [2.05, 4.69) is 0 Å². The minimum absolute atomic E-state index is 0.189. The molecule has 0 radical (unpaired) electrons. The lowest BCUT2D eigenvalue weighted by Crippen LogP contribution is -2.31. The highest BCUT2D eigenvalue weighted by Crippen LogP contribution is 2.34. The fourth-order valence-electron chi connectivity index (χ4n) is 2.23. The largest absolute Gasteiger partial charge is 0.274 e. The average Bonchev–Trinajstić information content (AvgIpc) is 2.77. The first-order chi connectivity index (χ1) is 10.5. The van der Waals surface area contributed by atoms with Crippen molar-refractivity contribution in [3.63, 3.8) is 0 Å². The molecule has 0 aliphatic carbocycles. The monoisotopic (exact) mass is 351 g/mol. The third-order valence-corrected chi connectivity index (χ3v) is 4.98. The first kappa shape index (κ1) is 15.4. The molecule has 0 aromatic heterocycles. The molecule has 1 saturated heterocycles. The molecule has 2 aromatic rings. The average molecular weight is 352 g/mol. The van der Waals surface area contributed by atoms with Gasteiger partial charge in [-0.05, 0) is 48.5 Å². The summed E-state index contributed by atoms with van der Waals surface area (Å²) in [5.41, 5.74) is 0.554. The summed E-state index contributed by atoms with van der Waals surface area (Å²) >= 11 is 13.1. The molecule has 6 heteroatoms. The molecule has 3 rings (SSSR count). The maximum Gasteiger partial charge on any atom is 0.247 e. The zero-order valence-electron chi connectivity index (χ0n) is 11.3. The molecule has 1 aliphatic heterocycles. The summed E-state index contributed by atoms with van der Waals surface area (Å²) in [6, 6.07) is 13.9. The molecular formula is C16H11Cl2NO2S. The Balaban J connectivity index is 1.79. The van der Waals surface area contributed by atoms with Gasteiger partial charge in [-0.2, -0.15) is 0 Å². The van der Waals surface area contributed by atoms with E-state index in [4.69, 9.17) is 23.2 Å². The van der Waals surface area contributed by atoms with Crippen LogP contribution in [0.4, 0.5) is 5.69 Å². The predicted octanol–water partition coefficient (Wildman–Crippen LogP) is 4.42. The van der Waals surface area contributed by atoms with Gasteiger partial charge in [0.15, 0.2) is 0 Å². The molecule has 2 amide bonds. The second-order valence-corrected chi connectivity index (χ2v) is 6.96. The van der Waals surface area contributed by atoms with Gasteiger partial charge in [0.2, 0.25) is 11.8 Å². The third kappa shape index (κ3) is 3.14. The predicted molar refractivity (Wildman–Crippen MR) is 89.7 cm³/mol. The van der Waals surface area contributed by atoms with E-state index in [1.165, 1.54) is 16.7 Å². The highest BCUT2D eigenvalue weighted by atomic mass is 35.5. The van der Waals surface area contributed by atoms with Crippen molar-refractivity contribution in [2.45, 2.75) is 16.6 Å². The highest BCUT2D eigenvalue weighted by Gasteiger charge is 2.40. The van der Waals surface area contributed by atoms with Crippen LogP contribution in [0, 0.1) is 0 Å². The van der Waals surface area contributed by atoms with Crippen LogP contribution in [0.25, 0.3) is 0 Å². The fourth-order valence-corrected chi connectivity index (χ4v) is 3.54. The second kappa shape index (κ2) is 6.32. The number of amides is 2. The Labute approximate surface area is 142 Å². The minimum Gasteiger partial charge on any atom is -0.274 e. The van der Waals surface area contributed by atoms with E-state index in [0.717, 1.165) is 4.90 Å². The van der Waals surface area contributed by atoms with E-state index >= 15 is 0 Å². The van der Waals surface area contributed by atoms with Gasteiger partial charge in [0.1, 0.15) is 0 Å². The molecule has 0 saturated carbocycles. The van der Waals surface area contributed by atoms with Crippen LogP contribution in [0.3, 0.4) is 0 Å². The molecule has 22 heavy (non-hydrogen) atoms. The SMILES string of the molecule is O=C1CC(Sc2ccc(Cl)cc2)C(=O)N1c1ccc(Cl)cc1.